The topological polar surface area (TPSA) is 84.8 Å². The number of hydrogen-bond donors (Lipinski definition) is 1. The molecule has 1 aliphatic rings. The molecule has 1 aliphatic heterocycles. The molecule has 0 bridgehead atoms. The Morgan fingerprint density at radius 2 is 1.86 bits per heavy atom. The van der Waals surface area contributed by atoms with E-state index < -0.39 is 0 Å². The van der Waals surface area contributed by atoms with Gasteiger partial charge in [-0.05, 0) is 11.8 Å². The molecule has 5 rings (SSSR count). The Bertz CT molecular complexity index is 1210. The number of hydrogen-bond acceptors (Lipinski definition) is 6. The van der Waals surface area contributed by atoms with Crippen LogP contribution in [0.3, 0.4) is 0 Å². The van der Waals surface area contributed by atoms with E-state index in [1.54, 1.807) is 6.33 Å². The second-order valence-corrected chi connectivity index (χ2v) is 6.75. The SMILES string of the molecule is Cn1cnc2c(N3CCOCC3)nc(C#Cc3nc(-c4ccccc4)c[nH]3)nc21. The summed E-state index contributed by atoms with van der Waals surface area (Å²) in [4.78, 5) is 23.6. The fourth-order valence-corrected chi connectivity index (χ4v) is 3.30. The van der Waals surface area contributed by atoms with Crippen molar-refractivity contribution in [3.05, 3.63) is 54.5 Å². The maximum Gasteiger partial charge on any atom is 0.209 e. The molecule has 8 nitrogen and oxygen atoms in total. The lowest BCUT2D eigenvalue weighted by molar-refractivity contribution is 0.122. The number of aromatic nitrogens is 6. The van der Waals surface area contributed by atoms with E-state index in [2.05, 4.69) is 41.7 Å². The molecule has 3 aromatic heterocycles. The molecule has 8 heteroatoms. The maximum atomic E-state index is 5.46. The van der Waals surface area contributed by atoms with Crippen LogP contribution >= 0.6 is 0 Å². The first-order valence-electron chi connectivity index (χ1n) is 9.42. The number of anilines is 1. The molecule has 1 aromatic carbocycles. The van der Waals surface area contributed by atoms with Crippen molar-refractivity contribution in [2.24, 2.45) is 7.05 Å². The van der Waals surface area contributed by atoms with Crippen molar-refractivity contribution in [1.82, 2.24) is 29.5 Å². The number of imidazole rings is 2. The third-order valence-electron chi connectivity index (χ3n) is 4.79. The Balaban J connectivity index is 1.50. The summed E-state index contributed by atoms with van der Waals surface area (Å²) in [7, 11) is 1.92. The molecule has 4 heterocycles. The van der Waals surface area contributed by atoms with E-state index in [9.17, 15) is 0 Å². The lowest BCUT2D eigenvalue weighted by Crippen LogP contribution is -2.37. The van der Waals surface area contributed by atoms with Gasteiger partial charge in [0.25, 0.3) is 0 Å². The number of aryl methyl sites for hydroxylation is 1. The van der Waals surface area contributed by atoms with E-state index >= 15 is 0 Å². The zero-order chi connectivity index (χ0) is 19.6. The average molecular weight is 385 g/mol. The Morgan fingerprint density at radius 1 is 1.03 bits per heavy atom. The number of fused-ring (bicyclic) bond motifs is 1. The number of benzene rings is 1. The van der Waals surface area contributed by atoms with Crippen LogP contribution in [0.2, 0.25) is 0 Å². The van der Waals surface area contributed by atoms with Crippen molar-refractivity contribution in [3.63, 3.8) is 0 Å². The van der Waals surface area contributed by atoms with E-state index in [0.29, 0.717) is 24.9 Å². The Labute approximate surface area is 167 Å². The first-order chi connectivity index (χ1) is 14.3. The van der Waals surface area contributed by atoms with Gasteiger partial charge in [0.1, 0.15) is 0 Å². The van der Waals surface area contributed by atoms with Crippen LogP contribution < -0.4 is 4.90 Å². The summed E-state index contributed by atoms with van der Waals surface area (Å²) in [6, 6.07) is 9.98. The second-order valence-electron chi connectivity index (χ2n) is 6.75. The molecule has 1 saturated heterocycles. The van der Waals surface area contributed by atoms with Gasteiger partial charge in [-0.15, -0.1) is 0 Å². The summed E-state index contributed by atoms with van der Waals surface area (Å²) in [6.45, 7) is 2.89. The molecule has 0 unspecified atom stereocenters. The van der Waals surface area contributed by atoms with Gasteiger partial charge >= 0.3 is 0 Å². The predicted molar refractivity (Wildman–Crippen MR) is 109 cm³/mol. The molecule has 144 valence electrons. The van der Waals surface area contributed by atoms with Crippen molar-refractivity contribution in [3.8, 4) is 23.1 Å². The monoisotopic (exact) mass is 385 g/mol. The van der Waals surface area contributed by atoms with Gasteiger partial charge < -0.3 is 19.2 Å². The van der Waals surface area contributed by atoms with Gasteiger partial charge in [0.05, 0.1) is 25.2 Å². The first-order valence-corrected chi connectivity index (χ1v) is 9.42. The largest absolute Gasteiger partial charge is 0.378 e. The third-order valence-corrected chi connectivity index (χ3v) is 4.79. The Hall–Kier alpha value is -3.70. The van der Waals surface area contributed by atoms with E-state index in [4.69, 9.17) is 4.74 Å². The number of nitrogens with zero attached hydrogens (tertiary/aromatic N) is 6. The normalized spacial score (nSPS) is 14.0. The Kier molecular flexibility index (Phi) is 4.42. The van der Waals surface area contributed by atoms with Crippen LogP contribution in [0.5, 0.6) is 0 Å². The first kappa shape index (κ1) is 17.4. The summed E-state index contributed by atoms with van der Waals surface area (Å²) in [5.41, 5.74) is 3.44. The molecule has 0 atom stereocenters. The number of H-pyrrole nitrogens is 1. The number of ether oxygens (including phenoxy) is 1. The predicted octanol–water partition coefficient (Wildman–Crippen LogP) is 1.99. The van der Waals surface area contributed by atoms with Gasteiger partial charge in [0.15, 0.2) is 22.8 Å². The van der Waals surface area contributed by atoms with Crippen molar-refractivity contribution in [2.45, 2.75) is 0 Å². The van der Waals surface area contributed by atoms with Crippen LogP contribution in [0, 0.1) is 11.8 Å². The van der Waals surface area contributed by atoms with Crippen molar-refractivity contribution < 1.29 is 4.74 Å². The van der Waals surface area contributed by atoms with Crippen molar-refractivity contribution in [1.29, 1.82) is 0 Å². The van der Waals surface area contributed by atoms with Crippen LogP contribution in [-0.2, 0) is 11.8 Å². The van der Waals surface area contributed by atoms with Gasteiger partial charge in [0.2, 0.25) is 5.82 Å². The molecule has 29 heavy (non-hydrogen) atoms. The van der Waals surface area contributed by atoms with E-state index in [-0.39, 0.29) is 0 Å². The molecular weight excluding hydrogens is 366 g/mol. The van der Waals surface area contributed by atoms with Crippen LogP contribution in [0.15, 0.2) is 42.9 Å². The lowest BCUT2D eigenvalue weighted by atomic mass is 10.2. The van der Waals surface area contributed by atoms with Gasteiger partial charge in [-0.1, -0.05) is 30.3 Å². The van der Waals surface area contributed by atoms with Crippen LogP contribution in [-0.4, -0.2) is 55.8 Å². The summed E-state index contributed by atoms with van der Waals surface area (Å²) < 4.78 is 7.34. The highest BCUT2D eigenvalue weighted by molar-refractivity contribution is 5.84. The van der Waals surface area contributed by atoms with Crippen LogP contribution in [0.25, 0.3) is 22.4 Å². The second kappa shape index (κ2) is 7.37. The fourth-order valence-electron chi connectivity index (χ4n) is 3.30. The molecule has 0 aliphatic carbocycles. The molecule has 0 radical (unpaired) electrons. The zero-order valence-corrected chi connectivity index (χ0v) is 16.0. The number of morpholine rings is 1. The molecule has 0 amide bonds. The number of aromatic amines is 1. The van der Waals surface area contributed by atoms with E-state index in [0.717, 1.165) is 41.3 Å². The van der Waals surface area contributed by atoms with Crippen molar-refractivity contribution >= 4 is 17.0 Å². The van der Waals surface area contributed by atoms with Gasteiger partial charge in [-0.2, -0.15) is 0 Å². The zero-order valence-electron chi connectivity index (χ0n) is 16.0. The third kappa shape index (κ3) is 3.44. The quantitative estimate of drug-likeness (QED) is 0.531. The molecule has 0 spiro atoms. The van der Waals surface area contributed by atoms with Gasteiger partial charge in [-0.25, -0.2) is 19.9 Å². The standard InChI is InChI=1S/C21H19N7O/c1-27-14-23-19-20(27)25-18(26-21(19)28-9-11-29-12-10-28)8-7-17-22-13-16(24-17)15-5-3-2-4-6-15/h2-6,13-14H,9-12H2,1H3,(H,22,24). The molecular formula is C21H19N7O. The molecule has 0 saturated carbocycles. The molecule has 1 fully saturated rings. The summed E-state index contributed by atoms with van der Waals surface area (Å²) in [5.74, 6) is 7.91. The van der Waals surface area contributed by atoms with Gasteiger partial charge in [-0.3, -0.25) is 0 Å². The fraction of sp³-hybridized carbons (Fsp3) is 0.238. The summed E-state index contributed by atoms with van der Waals surface area (Å²) in [5, 5.41) is 0. The minimum Gasteiger partial charge on any atom is -0.378 e. The van der Waals surface area contributed by atoms with E-state index in [1.807, 2.05) is 48.1 Å². The highest BCUT2D eigenvalue weighted by atomic mass is 16.5. The highest BCUT2D eigenvalue weighted by Gasteiger charge is 2.19. The number of rotatable bonds is 2. The minimum absolute atomic E-state index is 0.445. The highest BCUT2D eigenvalue weighted by Crippen LogP contribution is 2.23. The minimum atomic E-state index is 0.445. The molecule has 4 aromatic rings. The molecule has 1 N–H and O–H groups in total. The average Bonchev–Trinajstić information content (AvgIpc) is 3.40. The van der Waals surface area contributed by atoms with Crippen molar-refractivity contribution in [2.75, 3.05) is 31.2 Å². The maximum absolute atomic E-state index is 5.46. The van der Waals surface area contributed by atoms with E-state index in [1.165, 1.54) is 0 Å². The smallest absolute Gasteiger partial charge is 0.209 e. The summed E-state index contributed by atoms with van der Waals surface area (Å²) in [6.07, 6.45) is 3.60. The Morgan fingerprint density at radius 3 is 2.69 bits per heavy atom. The summed E-state index contributed by atoms with van der Waals surface area (Å²) >= 11 is 0. The number of nitrogens with one attached hydrogen (secondary N) is 1. The van der Waals surface area contributed by atoms with Crippen LogP contribution in [0.1, 0.15) is 11.6 Å². The van der Waals surface area contributed by atoms with Gasteiger partial charge in [0, 0.05) is 31.9 Å². The lowest BCUT2D eigenvalue weighted by Gasteiger charge is -2.27. The van der Waals surface area contributed by atoms with Crippen LogP contribution in [0.4, 0.5) is 5.82 Å².